The van der Waals surface area contributed by atoms with Crippen molar-refractivity contribution in [3.63, 3.8) is 0 Å². The fourth-order valence-corrected chi connectivity index (χ4v) is 6.67. The molecular formula is C21H24N4O6S3. The number of rotatable bonds is 11. The molecule has 1 atom stereocenters. The Morgan fingerprint density at radius 1 is 1.26 bits per heavy atom. The second-order valence-corrected chi connectivity index (χ2v) is 12.5. The van der Waals surface area contributed by atoms with Crippen LogP contribution in [0.5, 0.6) is 0 Å². The molecule has 1 aliphatic carbocycles. The standard InChI is InChI=1S/C21H24N4O6S3/c22-17(26)8-10-32-18-11-23-21(33-18)24-20(27)19(25-31-14-7-9-30-12-14)13-1-3-15(4-2-13)34(28,29)16-5-6-16/h1-4,11,14,16H,5-10,12H2,(H2,22,26)(H,23,24,27)/t14-/m1/s1. The van der Waals surface area contributed by atoms with Gasteiger partial charge in [0.1, 0.15) is 0 Å². The average Bonchev–Trinajstić information content (AvgIpc) is 3.38. The number of oxime groups is 1. The number of hydrogen-bond donors (Lipinski definition) is 2. The summed E-state index contributed by atoms with van der Waals surface area (Å²) < 4.78 is 31.1. The van der Waals surface area contributed by atoms with E-state index in [1.54, 1.807) is 18.3 Å². The van der Waals surface area contributed by atoms with E-state index in [0.717, 1.165) is 4.21 Å². The van der Waals surface area contributed by atoms with Crippen LogP contribution >= 0.6 is 23.1 Å². The SMILES string of the molecule is NC(=O)CCSc1cnc(NC(=O)C(=NO[C@@H]2CCOC2)c2ccc(S(=O)(=O)C3CC3)cc2)s1. The predicted octanol–water partition coefficient (Wildman–Crippen LogP) is 2.19. The van der Waals surface area contributed by atoms with E-state index in [1.165, 1.54) is 35.2 Å². The Bertz CT molecular complexity index is 1170. The van der Waals surface area contributed by atoms with Crippen LogP contribution in [0, 0.1) is 0 Å². The second-order valence-electron chi connectivity index (χ2n) is 7.80. The van der Waals surface area contributed by atoms with Crippen molar-refractivity contribution < 1.29 is 27.6 Å². The van der Waals surface area contributed by atoms with E-state index in [-0.39, 0.29) is 34.3 Å². The molecule has 0 bridgehead atoms. The summed E-state index contributed by atoms with van der Waals surface area (Å²) >= 11 is 2.68. The molecule has 2 heterocycles. The monoisotopic (exact) mass is 524 g/mol. The number of aromatic nitrogens is 1. The van der Waals surface area contributed by atoms with Gasteiger partial charge in [0.2, 0.25) is 5.91 Å². The van der Waals surface area contributed by atoms with E-state index in [9.17, 15) is 18.0 Å². The van der Waals surface area contributed by atoms with Gasteiger partial charge in [0.15, 0.2) is 26.8 Å². The Morgan fingerprint density at radius 2 is 2.03 bits per heavy atom. The summed E-state index contributed by atoms with van der Waals surface area (Å²) in [5, 5.41) is 6.83. The number of carbonyl (C=O) groups is 2. The van der Waals surface area contributed by atoms with Crippen molar-refractivity contribution in [3.8, 4) is 0 Å². The van der Waals surface area contributed by atoms with Crippen molar-refractivity contribution in [1.82, 2.24) is 4.98 Å². The summed E-state index contributed by atoms with van der Waals surface area (Å²) in [5.41, 5.74) is 5.57. The fraction of sp³-hybridized carbons (Fsp3) is 0.429. The summed E-state index contributed by atoms with van der Waals surface area (Å²) in [7, 11) is -3.34. The summed E-state index contributed by atoms with van der Waals surface area (Å²) in [5.74, 6) is -0.403. The van der Waals surface area contributed by atoms with E-state index < -0.39 is 15.7 Å². The van der Waals surface area contributed by atoms with Crippen LogP contribution in [-0.2, 0) is 29.0 Å². The average molecular weight is 525 g/mol. The Labute approximate surface area is 205 Å². The Balaban J connectivity index is 1.49. The van der Waals surface area contributed by atoms with Crippen LogP contribution in [0.3, 0.4) is 0 Å². The molecule has 2 fully saturated rings. The summed E-state index contributed by atoms with van der Waals surface area (Å²) in [6.45, 7) is 0.945. The Hall–Kier alpha value is -2.48. The van der Waals surface area contributed by atoms with E-state index in [2.05, 4.69) is 15.5 Å². The van der Waals surface area contributed by atoms with Gasteiger partial charge in [-0.15, -0.1) is 11.8 Å². The van der Waals surface area contributed by atoms with Crippen molar-refractivity contribution >= 4 is 55.6 Å². The lowest BCUT2D eigenvalue weighted by atomic mass is 10.1. The van der Waals surface area contributed by atoms with Crippen molar-refractivity contribution in [2.24, 2.45) is 10.9 Å². The van der Waals surface area contributed by atoms with Gasteiger partial charge in [-0.25, -0.2) is 13.4 Å². The van der Waals surface area contributed by atoms with Crippen molar-refractivity contribution in [2.75, 3.05) is 24.3 Å². The molecular weight excluding hydrogens is 500 g/mol. The zero-order valence-electron chi connectivity index (χ0n) is 18.1. The van der Waals surface area contributed by atoms with Gasteiger partial charge in [-0.05, 0) is 25.0 Å². The van der Waals surface area contributed by atoms with Gasteiger partial charge in [-0.2, -0.15) is 0 Å². The molecule has 1 aliphatic heterocycles. The molecule has 13 heteroatoms. The van der Waals surface area contributed by atoms with Crippen LogP contribution in [0.25, 0.3) is 0 Å². The number of hydrogen-bond acceptors (Lipinski definition) is 10. The topological polar surface area (TPSA) is 150 Å². The van der Waals surface area contributed by atoms with E-state index >= 15 is 0 Å². The number of primary amides is 1. The third kappa shape index (κ3) is 6.34. The number of nitrogens with one attached hydrogen (secondary N) is 1. The normalized spacial score (nSPS) is 18.6. The first-order chi connectivity index (χ1) is 16.3. The van der Waals surface area contributed by atoms with Gasteiger partial charge in [0.05, 0.1) is 33.8 Å². The smallest absolute Gasteiger partial charge is 0.280 e. The first-order valence-corrected chi connectivity index (χ1v) is 14.0. The van der Waals surface area contributed by atoms with Crippen molar-refractivity contribution in [2.45, 2.75) is 46.1 Å². The minimum Gasteiger partial charge on any atom is -0.389 e. The zero-order chi connectivity index (χ0) is 24.1. The summed E-state index contributed by atoms with van der Waals surface area (Å²) in [6.07, 6.45) is 3.60. The number of benzene rings is 1. The molecule has 4 rings (SSSR count). The predicted molar refractivity (Wildman–Crippen MR) is 129 cm³/mol. The highest BCUT2D eigenvalue weighted by Crippen LogP contribution is 2.33. The first kappa shape index (κ1) is 24.6. The maximum absolute atomic E-state index is 13.1. The van der Waals surface area contributed by atoms with Gasteiger partial charge in [0, 0.05) is 24.2 Å². The molecule has 0 spiro atoms. The van der Waals surface area contributed by atoms with Crippen LogP contribution in [0.2, 0.25) is 0 Å². The largest absolute Gasteiger partial charge is 0.389 e. The van der Waals surface area contributed by atoms with Gasteiger partial charge < -0.3 is 15.3 Å². The molecule has 3 N–H and O–H groups in total. The maximum Gasteiger partial charge on any atom is 0.280 e. The number of sulfone groups is 1. The molecule has 182 valence electrons. The van der Waals surface area contributed by atoms with Gasteiger partial charge in [-0.3, -0.25) is 14.9 Å². The van der Waals surface area contributed by atoms with Crippen LogP contribution < -0.4 is 11.1 Å². The minimum atomic E-state index is -3.34. The number of carbonyl (C=O) groups excluding carboxylic acids is 2. The number of thiazole rings is 1. The molecule has 10 nitrogen and oxygen atoms in total. The highest BCUT2D eigenvalue weighted by atomic mass is 32.2. The van der Waals surface area contributed by atoms with Crippen LogP contribution in [-0.4, -0.2) is 61.2 Å². The molecule has 0 unspecified atom stereocenters. The molecule has 2 amide bonds. The van der Waals surface area contributed by atoms with Crippen LogP contribution in [0.1, 0.15) is 31.2 Å². The Morgan fingerprint density at radius 3 is 2.68 bits per heavy atom. The lowest BCUT2D eigenvalue weighted by Gasteiger charge is -2.10. The number of nitrogens with zero attached hydrogens (tertiary/aromatic N) is 2. The molecule has 1 saturated carbocycles. The highest BCUT2D eigenvalue weighted by Gasteiger charge is 2.36. The maximum atomic E-state index is 13.1. The van der Waals surface area contributed by atoms with Gasteiger partial charge in [-0.1, -0.05) is 28.6 Å². The summed E-state index contributed by atoms with van der Waals surface area (Å²) in [4.78, 5) is 33.9. The fourth-order valence-electron chi connectivity index (χ4n) is 3.11. The molecule has 2 aliphatic rings. The number of anilines is 1. The quantitative estimate of drug-likeness (QED) is 0.258. The summed E-state index contributed by atoms with van der Waals surface area (Å²) in [6, 6.07) is 6.08. The lowest BCUT2D eigenvalue weighted by Crippen LogP contribution is -2.25. The van der Waals surface area contributed by atoms with E-state index in [4.69, 9.17) is 15.3 Å². The lowest BCUT2D eigenvalue weighted by molar-refractivity contribution is -0.117. The Kier molecular flexibility index (Phi) is 7.86. The van der Waals surface area contributed by atoms with Crippen molar-refractivity contribution in [3.05, 3.63) is 36.0 Å². The zero-order valence-corrected chi connectivity index (χ0v) is 20.6. The molecule has 2 aromatic rings. The third-order valence-electron chi connectivity index (χ3n) is 5.11. The minimum absolute atomic E-state index is 0.000372. The van der Waals surface area contributed by atoms with Crippen LogP contribution in [0.15, 0.2) is 44.7 Å². The second kappa shape index (κ2) is 10.8. The first-order valence-electron chi connectivity index (χ1n) is 10.7. The number of nitrogens with two attached hydrogens (primary N) is 1. The van der Waals surface area contributed by atoms with Crippen LogP contribution in [0.4, 0.5) is 5.13 Å². The molecule has 1 aromatic carbocycles. The van der Waals surface area contributed by atoms with Gasteiger partial charge in [0.25, 0.3) is 5.91 Å². The third-order valence-corrected chi connectivity index (χ3v) is 9.50. The van der Waals surface area contributed by atoms with Gasteiger partial charge >= 0.3 is 0 Å². The highest BCUT2D eigenvalue weighted by molar-refractivity contribution is 8.01. The van der Waals surface area contributed by atoms with Crippen molar-refractivity contribution in [1.29, 1.82) is 0 Å². The van der Waals surface area contributed by atoms with E-state index in [0.29, 0.717) is 48.9 Å². The number of ether oxygens (including phenoxy) is 1. The molecule has 1 aromatic heterocycles. The number of amides is 2. The molecule has 34 heavy (non-hydrogen) atoms. The van der Waals surface area contributed by atoms with E-state index in [1.807, 2.05) is 0 Å². The number of thioether (sulfide) groups is 1. The molecule has 0 radical (unpaired) electrons. The molecule has 1 saturated heterocycles.